The number of rotatable bonds is 6. The van der Waals surface area contributed by atoms with Crippen LogP contribution in [0.5, 0.6) is 0 Å². The number of halogens is 3. The molecule has 0 radical (unpaired) electrons. The van der Waals surface area contributed by atoms with Gasteiger partial charge in [0.1, 0.15) is 0 Å². The molecule has 0 aliphatic rings. The molecule has 0 fully saturated rings. The smallest absolute Gasteiger partial charge is 0.234 e. The Kier molecular flexibility index (Phi) is 6.52. The van der Waals surface area contributed by atoms with Crippen molar-refractivity contribution in [3.05, 3.63) is 88.0 Å². The number of aromatic amines is 1. The predicted octanol–water partition coefficient (Wildman–Crippen LogP) is 7.11. The van der Waals surface area contributed by atoms with E-state index in [9.17, 15) is 4.79 Å². The predicted molar refractivity (Wildman–Crippen MR) is 139 cm³/mol. The first kappa shape index (κ1) is 22.8. The highest BCUT2D eigenvalue weighted by Gasteiger charge is 2.20. The molecule has 0 saturated carbocycles. The molecule has 1 amide bonds. The summed E-state index contributed by atoms with van der Waals surface area (Å²) in [6.07, 6.45) is 1.91. The number of aromatic nitrogens is 4. The summed E-state index contributed by atoms with van der Waals surface area (Å²) in [5.41, 5.74) is 3.18. The first-order valence-corrected chi connectivity index (χ1v) is 12.3. The van der Waals surface area contributed by atoms with E-state index in [0.717, 1.165) is 22.2 Å². The van der Waals surface area contributed by atoms with Gasteiger partial charge in [0.2, 0.25) is 5.91 Å². The summed E-state index contributed by atoms with van der Waals surface area (Å²) in [6, 6.07) is 20.3. The Bertz CT molecular complexity index is 1500. The Balaban J connectivity index is 1.47. The number of carbonyl (C=O) groups is 1. The lowest BCUT2D eigenvalue weighted by atomic mass is 10.1. The first-order chi connectivity index (χ1) is 16.5. The Labute approximate surface area is 214 Å². The van der Waals surface area contributed by atoms with Gasteiger partial charge in [-0.05, 0) is 48.5 Å². The molecule has 5 aromatic rings. The molecule has 5 rings (SSSR count). The largest absolute Gasteiger partial charge is 0.360 e. The van der Waals surface area contributed by atoms with Crippen molar-refractivity contribution in [3.63, 3.8) is 0 Å². The molecular weight excluding hydrogens is 513 g/mol. The maximum Gasteiger partial charge on any atom is 0.234 e. The van der Waals surface area contributed by atoms with Crippen LogP contribution in [-0.4, -0.2) is 31.4 Å². The number of carbonyl (C=O) groups excluding carboxylic acids is 1. The van der Waals surface area contributed by atoms with Crippen molar-refractivity contribution in [1.29, 1.82) is 0 Å². The van der Waals surface area contributed by atoms with E-state index in [1.807, 2.05) is 47.2 Å². The van der Waals surface area contributed by atoms with Crippen LogP contribution in [-0.2, 0) is 4.79 Å². The number of amides is 1. The zero-order chi connectivity index (χ0) is 23.7. The van der Waals surface area contributed by atoms with Crippen LogP contribution in [0.3, 0.4) is 0 Å². The zero-order valence-electron chi connectivity index (χ0n) is 17.4. The van der Waals surface area contributed by atoms with Crippen LogP contribution < -0.4 is 5.32 Å². The van der Waals surface area contributed by atoms with Gasteiger partial charge in [0.15, 0.2) is 11.0 Å². The lowest BCUT2D eigenvalue weighted by Gasteiger charge is -2.11. The van der Waals surface area contributed by atoms with E-state index in [-0.39, 0.29) is 11.7 Å². The van der Waals surface area contributed by atoms with E-state index < -0.39 is 0 Å². The van der Waals surface area contributed by atoms with E-state index in [0.29, 0.717) is 31.7 Å². The second-order valence-electron chi connectivity index (χ2n) is 7.33. The molecule has 3 aromatic carbocycles. The molecular formula is C24H16Cl3N5OS. The normalized spacial score (nSPS) is 11.1. The summed E-state index contributed by atoms with van der Waals surface area (Å²) in [5, 5.41) is 14.8. The van der Waals surface area contributed by atoms with Crippen molar-refractivity contribution in [3.8, 4) is 17.1 Å². The van der Waals surface area contributed by atoms with Crippen LogP contribution in [0.1, 0.15) is 0 Å². The number of nitrogens with one attached hydrogen (secondary N) is 2. The van der Waals surface area contributed by atoms with Crippen molar-refractivity contribution >= 4 is 69.1 Å². The number of benzene rings is 3. The van der Waals surface area contributed by atoms with Gasteiger partial charge >= 0.3 is 0 Å². The van der Waals surface area contributed by atoms with Crippen molar-refractivity contribution in [2.75, 3.05) is 11.1 Å². The Morgan fingerprint density at radius 1 is 0.971 bits per heavy atom. The van der Waals surface area contributed by atoms with Crippen molar-refractivity contribution in [2.45, 2.75) is 5.16 Å². The second-order valence-corrected chi connectivity index (χ2v) is 9.55. The molecule has 0 atom stereocenters. The minimum atomic E-state index is -0.242. The summed E-state index contributed by atoms with van der Waals surface area (Å²) in [7, 11) is 0. The van der Waals surface area contributed by atoms with E-state index in [1.54, 1.807) is 30.3 Å². The summed E-state index contributed by atoms with van der Waals surface area (Å²) >= 11 is 19.6. The van der Waals surface area contributed by atoms with Gasteiger partial charge in [-0.15, -0.1) is 10.2 Å². The summed E-state index contributed by atoms with van der Waals surface area (Å²) in [6.45, 7) is 0. The highest BCUT2D eigenvalue weighted by molar-refractivity contribution is 7.99. The summed E-state index contributed by atoms with van der Waals surface area (Å²) in [5.74, 6) is 0.511. The molecule has 34 heavy (non-hydrogen) atoms. The monoisotopic (exact) mass is 527 g/mol. The number of thioether (sulfide) groups is 1. The van der Waals surface area contributed by atoms with Crippen molar-refractivity contribution < 1.29 is 4.79 Å². The van der Waals surface area contributed by atoms with Gasteiger partial charge in [-0.1, -0.05) is 64.8 Å². The molecule has 0 aliphatic heterocycles. The van der Waals surface area contributed by atoms with Gasteiger partial charge in [-0.3, -0.25) is 9.36 Å². The number of nitrogens with zero attached hydrogens (tertiary/aromatic N) is 3. The lowest BCUT2D eigenvalue weighted by molar-refractivity contribution is -0.113. The number of para-hydroxylation sites is 1. The van der Waals surface area contributed by atoms with Gasteiger partial charge < -0.3 is 10.3 Å². The third kappa shape index (κ3) is 4.65. The minimum absolute atomic E-state index is 0.0997. The number of H-pyrrole nitrogens is 1. The van der Waals surface area contributed by atoms with E-state index in [2.05, 4.69) is 20.5 Å². The average Bonchev–Trinajstić information content (AvgIpc) is 3.44. The topological polar surface area (TPSA) is 75.6 Å². The molecule has 2 N–H and O–H groups in total. The Morgan fingerprint density at radius 2 is 1.74 bits per heavy atom. The minimum Gasteiger partial charge on any atom is -0.360 e. The third-order valence-corrected chi connectivity index (χ3v) is 6.83. The van der Waals surface area contributed by atoms with E-state index in [1.165, 1.54) is 11.8 Å². The highest BCUT2D eigenvalue weighted by Crippen LogP contribution is 2.33. The van der Waals surface area contributed by atoms with Gasteiger partial charge in [-0.2, -0.15) is 0 Å². The summed E-state index contributed by atoms with van der Waals surface area (Å²) in [4.78, 5) is 15.9. The number of hydrogen-bond acceptors (Lipinski definition) is 4. The average molecular weight is 529 g/mol. The van der Waals surface area contributed by atoms with E-state index in [4.69, 9.17) is 34.8 Å². The molecule has 0 unspecified atom stereocenters. The molecule has 0 spiro atoms. The number of anilines is 1. The molecule has 2 aromatic heterocycles. The molecule has 170 valence electrons. The SMILES string of the molecule is O=C(CSc1nnc(-c2c[nH]c3ccccc23)n1-c1ccc(Cl)cc1)Nc1cc(Cl)ccc1Cl. The van der Waals surface area contributed by atoms with Crippen LogP contribution in [0, 0.1) is 0 Å². The van der Waals surface area contributed by atoms with Crippen LogP contribution in [0.25, 0.3) is 28.0 Å². The fourth-order valence-corrected chi connectivity index (χ4v) is 4.74. The van der Waals surface area contributed by atoms with E-state index >= 15 is 0 Å². The molecule has 6 nitrogen and oxygen atoms in total. The van der Waals surface area contributed by atoms with Crippen LogP contribution in [0.4, 0.5) is 5.69 Å². The van der Waals surface area contributed by atoms with Crippen LogP contribution in [0.15, 0.2) is 78.1 Å². The summed E-state index contributed by atoms with van der Waals surface area (Å²) < 4.78 is 1.91. The zero-order valence-corrected chi connectivity index (χ0v) is 20.5. The maximum absolute atomic E-state index is 12.6. The van der Waals surface area contributed by atoms with Gasteiger partial charge in [0.05, 0.1) is 16.5 Å². The van der Waals surface area contributed by atoms with Crippen molar-refractivity contribution in [1.82, 2.24) is 19.7 Å². The number of fused-ring (bicyclic) bond motifs is 1. The van der Waals surface area contributed by atoms with Crippen LogP contribution in [0.2, 0.25) is 15.1 Å². The standard InChI is InChI=1S/C24H16Cl3N5OS/c25-14-5-8-16(9-6-14)32-23(18-12-28-20-4-2-1-3-17(18)20)30-31-24(32)34-13-22(33)29-21-11-15(26)7-10-19(21)27/h1-12,28H,13H2,(H,29,33). The van der Waals surface area contributed by atoms with Crippen LogP contribution >= 0.6 is 46.6 Å². The Morgan fingerprint density at radius 3 is 2.56 bits per heavy atom. The van der Waals surface area contributed by atoms with Crippen molar-refractivity contribution in [2.24, 2.45) is 0 Å². The number of hydrogen-bond donors (Lipinski definition) is 2. The first-order valence-electron chi connectivity index (χ1n) is 10.1. The molecule has 0 saturated heterocycles. The fraction of sp³-hybridized carbons (Fsp3) is 0.0417. The molecule has 0 bridgehead atoms. The quantitative estimate of drug-likeness (QED) is 0.230. The second kappa shape index (κ2) is 9.72. The van der Waals surface area contributed by atoms with Gasteiger partial charge in [0, 0.05) is 38.4 Å². The molecule has 2 heterocycles. The highest BCUT2D eigenvalue weighted by atomic mass is 35.5. The van der Waals surface area contributed by atoms with Gasteiger partial charge in [-0.25, -0.2) is 0 Å². The van der Waals surface area contributed by atoms with Gasteiger partial charge in [0.25, 0.3) is 0 Å². The molecule has 10 heteroatoms. The fourth-order valence-electron chi connectivity index (χ4n) is 3.53. The third-order valence-electron chi connectivity index (χ3n) is 5.08. The lowest BCUT2D eigenvalue weighted by Crippen LogP contribution is -2.15. The molecule has 0 aliphatic carbocycles. The maximum atomic E-state index is 12.6. The Hall–Kier alpha value is -2.97.